The summed E-state index contributed by atoms with van der Waals surface area (Å²) in [5.41, 5.74) is 0. The summed E-state index contributed by atoms with van der Waals surface area (Å²) < 4.78 is 0. The number of allylic oxidation sites excluding steroid dienone is 2. The fourth-order valence-corrected chi connectivity index (χ4v) is 0.856. The van der Waals surface area contributed by atoms with Crippen LogP contribution in [0.2, 0.25) is 0 Å². The Bertz CT molecular complexity index is 93.8. The molecule has 1 N–H and O–H groups in total. The first-order chi connectivity index (χ1) is 4.91. The predicted molar refractivity (Wildman–Crippen MR) is 50.3 cm³/mol. The Morgan fingerprint density at radius 3 is 2.80 bits per heavy atom. The van der Waals surface area contributed by atoms with Gasteiger partial charge in [0.1, 0.15) is 0 Å². The molecule has 0 fully saturated rings. The Hall–Kier alpha value is -0.210. The molecule has 58 valence electrons. The maximum Gasteiger partial charge on any atom is 0.0134 e. The molecule has 0 amide bonds. The largest absolute Gasteiger partial charge is 0.316 e. The summed E-state index contributed by atoms with van der Waals surface area (Å²) in [6, 6.07) is 0. The zero-order chi connectivity index (χ0) is 7.66. The van der Waals surface area contributed by atoms with E-state index < -0.39 is 0 Å². The average molecular weight is 157 g/mol. The van der Waals surface area contributed by atoms with Crippen molar-refractivity contribution in [1.82, 2.24) is 5.32 Å². The zero-order valence-electron chi connectivity index (χ0n) is 6.63. The van der Waals surface area contributed by atoms with E-state index in [9.17, 15) is 0 Å². The molecule has 0 aromatic rings. The first kappa shape index (κ1) is 9.79. The first-order valence-electron chi connectivity index (χ1n) is 3.49. The topological polar surface area (TPSA) is 12.0 Å². The smallest absolute Gasteiger partial charge is 0.0134 e. The Kier molecular flexibility index (Phi) is 8.61. The summed E-state index contributed by atoms with van der Waals surface area (Å²) in [5, 5.41) is 5.13. The Labute approximate surface area is 67.6 Å². The summed E-state index contributed by atoms with van der Waals surface area (Å²) in [6.07, 6.45) is 6.21. The maximum atomic E-state index is 3.03. The van der Waals surface area contributed by atoms with E-state index in [2.05, 4.69) is 35.9 Å². The molecule has 1 nitrogen and oxygen atoms in total. The van der Waals surface area contributed by atoms with Crippen molar-refractivity contribution in [2.75, 3.05) is 19.3 Å². The van der Waals surface area contributed by atoms with Gasteiger partial charge in [-0.25, -0.2) is 0 Å². The number of thioether (sulfide) groups is 1. The van der Waals surface area contributed by atoms with Crippen LogP contribution in [0.3, 0.4) is 0 Å². The Morgan fingerprint density at radius 1 is 1.40 bits per heavy atom. The third-order valence-electron chi connectivity index (χ3n) is 0.911. The van der Waals surface area contributed by atoms with Crippen LogP contribution < -0.4 is 5.32 Å². The molecule has 0 saturated heterocycles. The standard InChI is InChI=1S/C8H15NS/c1-3-10-8-6-4-5-7-9-2/h4-6,8-9H,3,7H2,1-2H3/b5-4+,8-6-. The monoisotopic (exact) mass is 157 g/mol. The first-order valence-corrected chi connectivity index (χ1v) is 4.54. The van der Waals surface area contributed by atoms with Crippen molar-refractivity contribution in [2.24, 2.45) is 0 Å². The quantitative estimate of drug-likeness (QED) is 0.613. The fraction of sp³-hybridized carbons (Fsp3) is 0.500. The second-order valence-corrected chi connectivity index (χ2v) is 2.95. The van der Waals surface area contributed by atoms with Crippen molar-refractivity contribution >= 4 is 11.8 Å². The van der Waals surface area contributed by atoms with Gasteiger partial charge in [0.15, 0.2) is 0 Å². The number of hydrogen-bond donors (Lipinski definition) is 1. The lowest BCUT2D eigenvalue weighted by molar-refractivity contribution is 0.920. The molecule has 0 aromatic carbocycles. The van der Waals surface area contributed by atoms with Gasteiger partial charge < -0.3 is 5.32 Å². The van der Waals surface area contributed by atoms with Gasteiger partial charge in [0, 0.05) is 6.54 Å². The van der Waals surface area contributed by atoms with E-state index >= 15 is 0 Å². The molecule has 0 aliphatic rings. The van der Waals surface area contributed by atoms with Crippen LogP contribution in [0.15, 0.2) is 23.6 Å². The highest BCUT2D eigenvalue weighted by molar-refractivity contribution is 8.02. The molecule has 10 heavy (non-hydrogen) atoms. The van der Waals surface area contributed by atoms with Crippen LogP contribution in [-0.2, 0) is 0 Å². The van der Waals surface area contributed by atoms with Crippen LogP contribution in [0.5, 0.6) is 0 Å². The van der Waals surface area contributed by atoms with Crippen molar-refractivity contribution in [2.45, 2.75) is 6.92 Å². The van der Waals surface area contributed by atoms with Crippen molar-refractivity contribution < 1.29 is 0 Å². The van der Waals surface area contributed by atoms with Gasteiger partial charge in [-0.3, -0.25) is 0 Å². The molecular formula is C8H15NS. The van der Waals surface area contributed by atoms with Crippen molar-refractivity contribution in [3.8, 4) is 0 Å². The normalized spacial score (nSPS) is 11.8. The summed E-state index contributed by atoms with van der Waals surface area (Å²) in [7, 11) is 1.94. The van der Waals surface area contributed by atoms with E-state index in [1.54, 1.807) is 0 Å². The molecule has 0 rings (SSSR count). The molecule has 0 unspecified atom stereocenters. The highest BCUT2D eigenvalue weighted by atomic mass is 32.2. The second kappa shape index (κ2) is 8.79. The van der Waals surface area contributed by atoms with Gasteiger partial charge in [-0.05, 0) is 18.2 Å². The van der Waals surface area contributed by atoms with Gasteiger partial charge in [-0.15, -0.1) is 11.8 Å². The van der Waals surface area contributed by atoms with Gasteiger partial charge in [-0.1, -0.05) is 25.2 Å². The van der Waals surface area contributed by atoms with Crippen molar-refractivity contribution in [1.29, 1.82) is 0 Å². The van der Waals surface area contributed by atoms with E-state index in [1.165, 1.54) is 0 Å². The van der Waals surface area contributed by atoms with E-state index in [0.717, 1.165) is 12.3 Å². The fourth-order valence-electron chi connectivity index (χ4n) is 0.462. The van der Waals surface area contributed by atoms with Crippen LogP contribution in [0.4, 0.5) is 0 Å². The SMILES string of the molecule is CCS/C=C\C=C\CNC. The number of hydrogen-bond acceptors (Lipinski definition) is 2. The molecular weight excluding hydrogens is 142 g/mol. The van der Waals surface area contributed by atoms with Crippen LogP contribution in [0, 0.1) is 0 Å². The Balaban J connectivity index is 3.15. The van der Waals surface area contributed by atoms with E-state index in [4.69, 9.17) is 0 Å². The molecule has 0 aromatic heterocycles. The number of nitrogens with one attached hydrogen (secondary N) is 1. The minimum absolute atomic E-state index is 0.946. The summed E-state index contributed by atoms with van der Waals surface area (Å²) >= 11 is 1.81. The highest BCUT2D eigenvalue weighted by Gasteiger charge is 1.69. The average Bonchev–Trinajstić information content (AvgIpc) is 1.97. The van der Waals surface area contributed by atoms with Gasteiger partial charge in [0.05, 0.1) is 0 Å². The highest BCUT2D eigenvalue weighted by Crippen LogP contribution is 1.98. The molecule has 0 heterocycles. The van der Waals surface area contributed by atoms with E-state index in [-0.39, 0.29) is 0 Å². The molecule has 0 aliphatic carbocycles. The number of rotatable bonds is 5. The van der Waals surface area contributed by atoms with E-state index in [1.807, 2.05) is 18.8 Å². The molecule has 0 aliphatic heterocycles. The third kappa shape index (κ3) is 7.79. The lowest BCUT2D eigenvalue weighted by Crippen LogP contribution is -2.03. The summed E-state index contributed by atoms with van der Waals surface area (Å²) in [4.78, 5) is 0. The van der Waals surface area contributed by atoms with Crippen LogP contribution >= 0.6 is 11.8 Å². The van der Waals surface area contributed by atoms with Gasteiger partial charge in [0.25, 0.3) is 0 Å². The van der Waals surface area contributed by atoms with Gasteiger partial charge in [-0.2, -0.15) is 0 Å². The molecule has 0 bridgehead atoms. The maximum absolute atomic E-state index is 3.03. The lowest BCUT2D eigenvalue weighted by atomic mass is 10.5. The van der Waals surface area contributed by atoms with Crippen molar-refractivity contribution in [3.05, 3.63) is 23.6 Å². The van der Waals surface area contributed by atoms with Crippen LogP contribution in [0.25, 0.3) is 0 Å². The minimum atomic E-state index is 0.946. The molecule has 2 heteroatoms. The zero-order valence-corrected chi connectivity index (χ0v) is 7.45. The second-order valence-electron chi connectivity index (χ2n) is 1.77. The minimum Gasteiger partial charge on any atom is -0.316 e. The van der Waals surface area contributed by atoms with E-state index in [0.29, 0.717) is 0 Å². The van der Waals surface area contributed by atoms with Crippen LogP contribution in [-0.4, -0.2) is 19.3 Å². The van der Waals surface area contributed by atoms with Crippen molar-refractivity contribution in [3.63, 3.8) is 0 Å². The molecule has 0 radical (unpaired) electrons. The van der Waals surface area contributed by atoms with Crippen LogP contribution in [0.1, 0.15) is 6.92 Å². The number of likely N-dealkylation sites (N-methyl/N-ethyl adjacent to an activating group) is 1. The molecule has 0 atom stereocenters. The lowest BCUT2D eigenvalue weighted by Gasteiger charge is -1.84. The third-order valence-corrected chi connectivity index (χ3v) is 1.59. The molecule has 0 spiro atoms. The molecule has 0 saturated carbocycles. The van der Waals surface area contributed by atoms with Gasteiger partial charge in [0.2, 0.25) is 0 Å². The Morgan fingerprint density at radius 2 is 2.20 bits per heavy atom. The summed E-state index contributed by atoms with van der Waals surface area (Å²) in [6.45, 7) is 3.09. The van der Waals surface area contributed by atoms with Gasteiger partial charge >= 0.3 is 0 Å². The summed E-state index contributed by atoms with van der Waals surface area (Å²) in [5.74, 6) is 1.15. The predicted octanol–water partition coefficient (Wildman–Crippen LogP) is 2.03.